The van der Waals surface area contributed by atoms with E-state index < -0.39 is 10.8 Å². The molecular formula is C14H18BrNO4. The van der Waals surface area contributed by atoms with Gasteiger partial charge in [-0.1, -0.05) is 15.9 Å². The van der Waals surface area contributed by atoms with E-state index in [0.717, 1.165) is 0 Å². The van der Waals surface area contributed by atoms with E-state index in [4.69, 9.17) is 0 Å². The molecular weight excluding hydrogens is 326 g/mol. The summed E-state index contributed by atoms with van der Waals surface area (Å²) in [4.78, 5) is 24.8. The number of halogens is 1. The van der Waals surface area contributed by atoms with E-state index in [1.54, 1.807) is 6.92 Å². The largest absolute Gasteiger partial charge is 0.506 e. The van der Waals surface area contributed by atoms with E-state index in [1.807, 2.05) is 13.8 Å². The summed E-state index contributed by atoms with van der Waals surface area (Å²) in [5, 5.41) is 9.98. The molecule has 0 bridgehead atoms. The molecule has 20 heavy (non-hydrogen) atoms. The summed E-state index contributed by atoms with van der Waals surface area (Å²) in [5.74, 6) is -0.778. The van der Waals surface area contributed by atoms with Crippen LogP contribution in [0.2, 0.25) is 0 Å². The molecule has 0 aliphatic carbocycles. The number of alkyl halides is 1. The standard InChI is InChI=1S/C14H18BrNO4/c1-8(2)16(13(18)9(3)15)11-7-10(14(19)20-4)5-6-12(11)17/h5-9,17H,1-4H3. The molecule has 0 radical (unpaired) electrons. The average molecular weight is 344 g/mol. The molecule has 6 heteroatoms. The van der Waals surface area contributed by atoms with Crippen LogP contribution in [0.25, 0.3) is 0 Å². The van der Waals surface area contributed by atoms with Crippen LogP contribution in [0.1, 0.15) is 31.1 Å². The van der Waals surface area contributed by atoms with Gasteiger partial charge in [-0.3, -0.25) is 4.79 Å². The monoisotopic (exact) mass is 343 g/mol. The molecule has 5 nitrogen and oxygen atoms in total. The second-order valence-electron chi connectivity index (χ2n) is 4.61. The molecule has 0 spiro atoms. The first-order valence-electron chi connectivity index (χ1n) is 6.18. The normalized spacial score (nSPS) is 12.1. The predicted molar refractivity (Wildman–Crippen MR) is 80.5 cm³/mol. The van der Waals surface area contributed by atoms with Crippen molar-refractivity contribution in [2.45, 2.75) is 31.6 Å². The summed E-state index contributed by atoms with van der Waals surface area (Å²) in [7, 11) is 1.28. The van der Waals surface area contributed by atoms with Gasteiger partial charge >= 0.3 is 5.97 Å². The minimum absolute atomic E-state index is 0.0622. The lowest BCUT2D eigenvalue weighted by Crippen LogP contribution is -2.40. The van der Waals surface area contributed by atoms with Gasteiger partial charge in [-0.25, -0.2) is 4.79 Å². The van der Waals surface area contributed by atoms with Crippen LogP contribution >= 0.6 is 15.9 Å². The lowest BCUT2D eigenvalue weighted by molar-refractivity contribution is -0.118. The quantitative estimate of drug-likeness (QED) is 0.674. The van der Waals surface area contributed by atoms with Crippen LogP contribution < -0.4 is 4.90 Å². The van der Waals surface area contributed by atoms with Crippen LogP contribution in [0.3, 0.4) is 0 Å². The highest BCUT2D eigenvalue weighted by atomic mass is 79.9. The third-order valence-corrected chi connectivity index (χ3v) is 3.14. The molecule has 0 saturated heterocycles. The van der Waals surface area contributed by atoms with Crippen molar-refractivity contribution in [1.29, 1.82) is 0 Å². The van der Waals surface area contributed by atoms with E-state index in [-0.39, 0.29) is 23.3 Å². The third-order valence-electron chi connectivity index (χ3n) is 2.75. The smallest absolute Gasteiger partial charge is 0.337 e. The maximum Gasteiger partial charge on any atom is 0.337 e. The number of rotatable bonds is 4. The minimum Gasteiger partial charge on any atom is -0.506 e. The number of nitrogens with zero attached hydrogens (tertiary/aromatic N) is 1. The number of ether oxygens (including phenoxy) is 1. The molecule has 110 valence electrons. The van der Waals surface area contributed by atoms with Crippen molar-refractivity contribution in [3.8, 4) is 5.75 Å². The van der Waals surface area contributed by atoms with Crippen molar-refractivity contribution in [3.05, 3.63) is 23.8 Å². The van der Waals surface area contributed by atoms with Crippen molar-refractivity contribution < 1.29 is 19.4 Å². The summed E-state index contributed by atoms with van der Waals surface area (Å²) in [6.07, 6.45) is 0. The first-order chi connectivity index (χ1) is 9.29. The maximum atomic E-state index is 12.2. The molecule has 1 atom stereocenters. The Labute approximate surface area is 126 Å². The highest BCUT2D eigenvalue weighted by Crippen LogP contribution is 2.31. The number of carbonyl (C=O) groups excluding carboxylic acids is 2. The second kappa shape index (κ2) is 6.74. The molecule has 0 fully saturated rings. The molecule has 0 saturated carbocycles. The summed E-state index contributed by atoms with van der Waals surface area (Å²) in [6.45, 7) is 5.37. The first-order valence-corrected chi connectivity index (χ1v) is 7.09. The number of carbonyl (C=O) groups is 2. The average Bonchev–Trinajstić information content (AvgIpc) is 2.39. The van der Waals surface area contributed by atoms with Gasteiger partial charge in [0.25, 0.3) is 0 Å². The first kappa shape index (κ1) is 16.5. The van der Waals surface area contributed by atoms with Gasteiger partial charge in [-0.15, -0.1) is 0 Å². The Hall–Kier alpha value is -1.56. The van der Waals surface area contributed by atoms with E-state index >= 15 is 0 Å². The van der Waals surface area contributed by atoms with Crippen molar-refractivity contribution in [3.63, 3.8) is 0 Å². The zero-order valence-electron chi connectivity index (χ0n) is 11.9. The Morgan fingerprint density at radius 3 is 2.35 bits per heavy atom. The number of hydrogen-bond donors (Lipinski definition) is 1. The van der Waals surface area contributed by atoms with Gasteiger partial charge in [0.05, 0.1) is 23.2 Å². The van der Waals surface area contributed by atoms with Gasteiger partial charge in [0.15, 0.2) is 0 Å². The molecule has 0 aliphatic rings. The van der Waals surface area contributed by atoms with Gasteiger partial charge in [-0.2, -0.15) is 0 Å². The Kier molecular flexibility index (Phi) is 5.56. The van der Waals surface area contributed by atoms with Crippen molar-refractivity contribution in [2.75, 3.05) is 12.0 Å². The molecule has 1 N–H and O–H groups in total. The van der Waals surface area contributed by atoms with E-state index in [0.29, 0.717) is 5.69 Å². The van der Waals surface area contributed by atoms with E-state index in [9.17, 15) is 14.7 Å². The number of amides is 1. The fourth-order valence-electron chi connectivity index (χ4n) is 1.80. The van der Waals surface area contributed by atoms with Gasteiger partial charge in [-0.05, 0) is 39.0 Å². The fraction of sp³-hybridized carbons (Fsp3) is 0.429. The number of methoxy groups -OCH3 is 1. The lowest BCUT2D eigenvalue weighted by Gasteiger charge is -2.29. The molecule has 0 aromatic heterocycles. The topological polar surface area (TPSA) is 66.8 Å². The molecule has 1 aromatic carbocycles. The zero-order chi connectivity index (χ0) is 15.4. The zero-order valence-corrected chi connectivity index (χ0v) is 13.5. The highest BCUT2D eigenvalue weighted by Gasteiger charge is 2.25. The van der Waals surface area contributed by atoms with Crippen LogP contribution in [0.15, 0.2) is 18.2 Å². The second-order valence-corrected chi connectivity index (χ2v) is 5.99. The number of anilines is 1. The summed E-state index contributed by atoms with van der Waals surface area (Å²) in [5.41, 5.74) is 0.570. The number of aromatic hydroxyl groups is 1. The highest BCUT2D eigenvalue weighted by molar-refractivity contribution is 9.10. The molecule has 0 aliphatic heterocycles. The molecule has 1 amide bonds. The van der Waals surface area contributed by atoms with E-state index in [2.05, 4.69) is 20.7 Å². The molecule has 1 aromatic rings. The Bertz CT molecular complexity index is 514. The van der Waals surface area contributed by atoms with Gasteiger partial charge in [0.1, 0.15) is 5.75 Å². The van der Waals surface area contributed by atoms with Gasteiger partial charge in [0, 0.05) is 6.04 Å². The van der Waals surface area contributed by atoms with Gasteiger partial charge < -0.3 is 14.7 Å². The fourth-order valence-corrected chi connectivity index (χ4v) is 2.02. The summed E-state index contributed by atoms with van der Waals surface area (Å²) in [6, 6.07) is 4.12. The number of hydrogen-bond acceptors (Lipinski definition) is 4. The number of phenolic OH excluding ortho intramolecular Hbond substituents is 1. The third kappa shape index (κ3) is 3.50. The molecule has 0 heterocycles. The Balaban J connectivity index is 3.33. The molecule has 1 rings (SSSR count). The Morgan fingerprint density at radius 2 is 1.90 bits per heavy atom. The van der Waals surface area contributed by atoms with Crippen molar-refractivity contribution >= 4 is 33.5 Å². The molecule has 1 unspecified atom stereocenters. The number of phenols is 1. The number of benzene rings is 1. The van der Waals surface area contributed by atoms with Crippen LogP contribution in [-0.4, -0.2) is 35.0 Å². The van der Waals surface area contributed by atoms with E-state index in [1.165, 1.54) is 30.2 Å². The van der Waals surface area contributed by atoms with Crippen LogP contribution in [0.4, 0.5) is 5.69 Å². The van der Waals surface area contributed by atoms with Crippen LogP contribution in [-0.2, 0) is 9.53 Å². The minimum atomic E-state index is -0.519. The van der Waals surface area contributed by atoms with Crippen molar-refractivity contribution in [2.24, 2.45) is 0 Å². The van der Waals surface area contributed by atoms with Gasteiger partial charge in [0.2, 0.25) is 5.91 Å². The SMILES string of the molecule is COC(=O)c1ccc(O)c(N(C(=O)C(C)Br)C(C)C)c1. The summed E-state index contributed by atoms with van der Waals surface area (Å²) >= 11 is 3.23. The van der Waals surface area contributed by atoms with Crippen molar-refractivity contribution in [1.82, 2.24) is 0 Å². The maximum absolute atomic E-state index is 12.2. The lowest BCUT2D eigenvalue weighted by atomic mass is 10.1. The van der Waals surface area contributed by atoms with Crippen LogP contribution in [0, 0.1) is 0 Å². The summed E-state index contributed by atoms with van der Waals surface area (Å²) < 4.78 is 4.65. The Morgan fingerprint density at radius 1 is 1.30 bits per heavy atom. The number of esters is 1. The predicted octanol–water partition coefficient (Wildman–Crippen LogP) is 2.70. The van der Waals surface area contributed by atoms with Crippen LogP contribution in [0.5, 0.6) is 5.75 Å².